The molecule has 1 aliphatic heterocycles. The third-order valence-electron chi connectivity index (χ3n) is 3.36. The summed E-state index contributed by atoms with van der Waals surface area (Å²) in [5.41, 5.74) is 1.14. The second-order valence-corrected chi connectivity index (χ2v) is 5.18. The number of ether oxygens (including phenoxy) is 1. The molecule has 0 aliphatic carbocycles. The zero-order chi connectivity index (χ0) is 15.1. The van der Waals surface area contributed by atoms with Crippen molar-refractivity contribution in [2.45, 2.75) is 45.4 Å². The van der Waals surface area contributed by atoms with Crippen molar-refractivity contribution in [1.82, 2.24) is 0 Å². The van der Waals surface area contributed by atoms with Gasteiger partial charge < -0.3 is 9.84 Å². The molecule has 0 aromatic heterocycles. The molecule has 0 atom stereocenters. The Kier molecular flexibility index (Phi) is 5.55. The van der Waals surface area contributed by atoms with Gasteiger partial charge in [0.05, 0.1) is 0 Å². The first-order valence-electron chi connectivity index (χ1n) is 7.49. The van der Waals surface area contributed by atoms with Crippen molar-refractivity contribution in [2.75, 3.05) is 0 Å². The zero-order valence-corrected chi connectivity index (χ0v) is 12.3. The van der Waals surface area contributed by atoms with Crippen LogP contribution in [0.4, 0.5) is 0 Å². The summed E-state index contributed by atoms with van der Waals surface area (Å²) in [5.74, 6) is 0.315. The summed E-state index contributed by atoms with van der Waals surface area (Å²) in [6, 6.07) is 6.61. The standard InChI is InChI=1S/C17H21NO3/c1-2-3-4-5-6-7-16-18-15(17(20)21-16)12-13-8-10-14(19)11-9-13/h8-12,19H,2-7H2,1H3/b15-12-. The average Bonchev–Trinajstić information content (AvgIpc) is 2.81. The molecule has 1 aliphatic rings. The lowest BCUT2D eigenvalue weighted by Gasteiger charge is -1.99. The van der Waals surface area contributed by atoms with E-state index in [0.717, 1.165) is 18.4 Å². The molecule has 21 heavy (non-hydrogen) atoms. The van der Waals surface area contributed by atoms with Crippen molar-refractivity contribution in [3.05, 3.63) is 35.5 Å². The molecule has 1 aromatic rings. The van der Waals surface area contributed by atoms with Gasteiger partial charge in [-0.05, 0) is 30.2 Å². The number of benzene rings is 1. The van der Waals surface area contributed by atoms with Crippen molar-refractivity contribution in [1.29, 1.82) is 0 Å². The number of aliphatic imine (C=N–C) groups is 1. The van der Waals surface area contributed by atoms with Gasteiger partial charge in [-0.3, -0.25) is 0 Å². The maximum absolute atomic E-state index is 11.7. The van der Waals surface area contributed by atoms with E-state index in [9.17, 15) is 9.90 Å². The Hall–Kier alpha value is -2.10. The van der Waals surface area contributed by atoms with Gasteiger partial charge in [0.15, 0.2) is 11.6 Å². The number of carbonyl (C=O) groups is 1. The number of esters is 1. The van der Waals surface area contributed by atoms with Gasteiger partial charge in [0.25, 0.3) is 0 Å². The van der Waals surface area contributed by atoms with E-state index in [-0.39, 0.29) is 5.75 Å². The van der Waals surface area contributed by atoms with Crippen LogP contribution in [0, 0.1) is 0 Å². The van der Waals surface area contributed by atoms with Crippen LogP contribution in [0.2, 0.25) is 0 Å². The lowest BCUT2D eigenvalue weighted by molar-refractivity contribution is -0.130. The maximum atomic E-state index is 11.7. The summed E-state index contributed by atoms with van der Waals surface area (Å²) in [7, 11) is 0. The van der Waals surface area contributed by atoms with E-state index >= 15 is 0 Å². The van der Waals surface area contributed by atoms with Crippen LogP contribution < -0.4 is 0 Å². The first kappa shape index (κ1) is 15.3. The summed E-state index contributed by atoms with van der Waals surface area (Å²) < 4.78 is 5.17. The number of phenolic OH excluding ortho intramolecular Hbond substituents is 1. The van der Waals surface area contributed by atoms with Crippen LogP contribution >= 0.6 is 0 Å². The molecule has 112 valence electrons. The molecule has 0 unspecified atom stereocenters. The molecule has 2 rings (SSSR count). The molecule has 4 nitrogen and oxygen atoms in total. The van der Waals surface area contributed by atoms with Crippen LogP contribution in [0.25, 0.3) is 6.08 Å². The van der Waals surface area contributed by atoms with Gasteiger partial charge in [-0.25, -0.2) is 9.79 Å². The molecule has 1 heterocycles. The van der Waals surface area contributed by atoms with Crippen molar-refractivity contribution < 1.29 is 14.6 Å². The number of rotatable bonds is 7. The average molecular weight is 287 g/mol. The number of hydrogen-bond acceptors (Lipinski definition) is 4. The monoisotopic (exact) mass is 287 g/mol. The first-order chi connectivity index (χ1) is 10.2. The normalized spacial score (nSPS) is 16.1. The minimum absolute atomic E-state index is 0.197. The summed E-state index contributed by atoms with van der Waals surface area (Å²) in [5, 5.41) is 9.23. The molecule has 1 N–H and O–H groups in total. The summed E-state index contributed by atoms with van der Waals surface area (Å²) >= 11 is 0. The highest BCUT2D eigenvalue weighted by Crippen LogP contribution is 2.19. The minimum Gasteiger partial charge on any atom is -0.508 e. The molecule has 0 saturated carbocycles. The van der Waals surface area contributed by atoms with Crippen molar-refractivity contribution in [2.24, 2.45) is 4.99 Å². The molecule has 1 aromatic carbocycles. The van der Waals surface area contributed by atoms with Crippen LogP contribution in [0.1, 0.15) is 51.0 Å². The number of carbonyl (C=O) groups excluding carboxylic acids is 1. The molecule has 4 heteroatoms. The van der Waals surface area contributed by atoms with E-state index in [0.29, 0.717) is 18.0 Å². The molecule has 0 fully saturated rings. The van der Waals surface area contributed by atoms with Crippen molar-refractivity contribution in [3.63, 3.8) is 0 Å². The highest BCUT2D eigenvalue weighted by molar-refractivity contribution is 6.07. The highest BCUT2D eigenvalue weighted by Gasteiger charge is 2.22. The van der Waals surface area contributed by atoms with Crippen LogP contribution in [0.5, 0.6) is 5.75 Å². The molecule has 0 radical (unpaired) electrons. The highest BCUT2D eigenvalue weighted by atomic mass is 16.6. The summed E-state index contributed by atoms with van der Waals surface area (Å²) in [6.45, 7) is 2.18. The number of phenols is 1. The zero-order valence-electron chi connectivity index (χ0n) is 12.3. The van der Waals surface area contributed by atoms with E-state index in [1.54, 1.807) is 30.3 Å². The van der Waals surface area contributed by atoms with E-state index in [2.05, 4.69) is 11.9 Å². The summed E-state index contributed by atoms with van der Waals surface area (Å²) in [6.07, 6.45) is 8.20. The fraction of sp³-hybridized carbons (Fsp3) is 0.412. The number of nitrogens with zero attached hydrogens (tertiary/aromatic N) is 1. The Morgan fingerprint density at radius 1 is 1.14 bits per heavy atom. The Bertz CT molecular complexity index is 544. The Labute approximate surface area is 125 Å². The largest absolute Gasteiger partial charge is 0.508 e. The number of unbranched alkanes of at least 4 members (excludes halogenated alkanes) is 4. The molecule has 0 amide bonds. The fourth-order valence-corrected chi connectivity index (χ4v) is 2.17. The third kappa shape index (κ3) is 4.74. The van der Waals surface area contributed by atoms with Crippen molar-refractivity contribution >= 4 is 17.9 Å². The second kappa shape index (κ2) is 7.62. The van der Waals surface area contributed by atoms with E-state index in [1.807, 2.05) is 0 Å². The summed E-state index contributed by atoms with van der Waals surface area (Å²) in [4.78, 5) is 16.0. The minimum atomic E-state index is -0.397. The molecule has 0 spiro atoms. The topological polar surface area (TPSA) is 58.9 Å². The van der Waals surface area contributed by atoms with Gasteiger partial charge in [-0.1, -0.05) is 44.7 Å². The molecule has 0 saturated heterocycles. The molecular formula is C17H21NO3. The van der Waals surface area contributed by atoms with Gasteiger partial charge >= 0.3 is 5.97 Å². The van der Waals surface area contributed by atoms with Crippen LogP contribution in [-0.2, 0) is 9.53 Å². The first-order valence-corrected chi connectivity index (χ1v) is 7.49. The number of cyclic esters (lactones) is 1. The van der Waals surface area contributed by atoms with Gasteiger partial charge in [-0.15, -0.1) is 0 Å². The third-order valence-corrected chi connectivity index (χ3v) is 3.36. The lowest BCUT2D eigenvalue weighted by Crippen LogP contribution is -2.03. The molecular weight excluding hydrogens is 266 g/mol. The number of hydrogen-bond donors (Lipinski definition) is 1. The van der Waals surface area contributed by atoms with Crippen LogP contribution in [-0.4, -0.2) is 17.0 Å². The predicted octanol–water partition coefficient (Wildman–Crippen LogP) is 4.05. The Morgan fingerprint density at radius 2 is 1.86 bits per heavy atom. The molecule has 0 bridgehead atoms. The van der Waals surface area contributed by atoms with Crippen LogP contribution in [0.3, 0.4) is 0 Å². The van der Waals surface area contributed by atoms with Gasteiger partial charge in [-0.2, -0.15) is 0 Å². The fourth-order valence-electron chi connectivity index (χ4n) is 2.17. The van der Waals surface area contributed by atoms with Gasteiger partial charge in [0.1, 0.15) is 5.75 Å². The van der Waals surface area contributed by atoms with Gasteiger partial charge in [0, 0.05) is 6.42 Å². The van der Waals surface area contributed by atoms with Crippen LogP contribution in [0.15, 0.2) is 35.0 Å². The van der Waals surface area contributed by atoms with Gasteiger partial charge in [0.2, 0.25) is 0 Å². The quantitative estimate of drug-likeness (QED) is 0.467. The smallest absolute Gasteiger partial charge is 0.363 e. The van der Waals surface area contributed by atoms with Crippen molar-refractivity contribution in [3.8, 4) is 5.75 Å². The maximum Gasteiger partial charge on any atom is 0.363 e. The second-order valence-electron chi connectivity index (χ2n) is 5.18. The Morgan fingerprint density at radius 3 is 2.57 bits per heavy atom. The lowest BCUT2D eigenvalue weighted by atomic mass is 10.1. The van der Waals surface area contributed by atoms with E-state index in [4.69, 9.17) is 4.74 Å². The Balaban J connectivity index is 1.91. The van der Waals surface area contributed by atoms with E-state index < -0.39 is 5.97 Å². The SMILES string of the molecule is CCCCCCCC1=N/C(=C\c2ccc(O)cc2)C(=O)O1. The number of aromatic hydroxyl groups is 1. The predicted molar refractivity (Wildman–Crippen MR) is 83.0 cm³/mol. The van der Waals surface area contributed by atoms with E-state index in [1.165, 1.54) is 19.3 Å².